The molecule has 0 atom stereocenters. The number of nitrogens with zero attached hydrogens (tertiary/aromatic N) is 2. The lowest BCUT2D eigenvalue weighted by Crippen LogP contribution is -2.60. The zero-order valence-corrected chi connectivity index (χ0v) is 12.5. The van der Waals surface area contributed by atoms with Gasteiger partial charge in [0, 0.05) is 11.7 Å². The van der Waals surface area contributed by atoms with Crippen LogP contribution < -0.4 is 5.32 Å². The first-order chi connectivity index (χ1) is 10.5. The highest BCUT2D eigenvalue weighted by Crippen LogP contribution is 2.55. The molecule has 4 aliphatic rings. The molecule has 4 saturated carbocycles. The van der Waals surface area contributed by atoms with Crippen molar-refractivity contribution in [2.75, 3.05) is 0 Å². The molecule has 0 saturated heterocycles. The fourth-order valence-corrected chi connectivity index (χ4v) is 5.31. The minimum atomic E-state index is -1.02. The summed E-state index contributed by atoms with van der Waals surface area (Å²) in [6.07, 6.45) is 10.1. The molecule has 1 aromatic heterocycles. The van der Waals surface area contributed by atoms with E-state index in [1.807, 2.05) is 0 Å². The number of aromatic carboxylic acids is 1. The predicted octanol–water partition coefficient (Wildman–Crippen LogP) is 1.67. The Labute approximate surface area is 128 Å². The van der Waals surface area contributed by atoms with Gasteiger partial charge in [-0.2, -0.15) is 5.10 Å². The number of carbonyl (C=O) groups is 2. The first-order valence-corrected chi connectivity index (χ1v) is 8.08. The summed E-state index contributed by atoms with van der Waals surface area (Å²) in [4.78, 5) is 23.2. The fourth-order valence-electron chi connectivity index (χ4n) is 5.31. The molecule has 118 valence electrons. The van der Waals surface area contributed by atoms with E-state index in [0.717, 1.165) is 37.0 Å². The van der Waals surface area contributed by atoms with E-state index in [2.05, 4.69) is 10.4 Å². The first-order valence-electron chi connectivity index (χ1n) is 8.08. The van der Waals surface area contributed by atoms with E-state index in [1.54, 1.807) is 0 Å². The average molecular weight is 303 g/mol. The van der Waals surface area contributed by atoms with E-state index in [0.29, 0.717) is 0 Å². The standard InChI is InChI=1S/C16H21N3O3/c20-14(9-19-8-13(7-17-19)15(21)22)18-16-4-10-1-11(5-16)3-12(2-10)6-16/h7-8,10-12H,1-6,9H2,(H,18,20)(H,21,22). The van der Waals surface area contributed by atoms with Crippen molar-refractivity contribution in [3.8, 4) is 0 Å². The van der Waals surface area contributed by atoms with Crippen molar-refractivity contribution in [1.29, 1.82) is 0 Å². The molecule has 0 aromatic carbocycles. The Hall–Kier alpha value is -1.85. The average Bonchev–Trinajstić information content (AvgIpc) is 2.84. The van der Waals surface area contributed by atoms with Crippen LogP contribution in [0.4, 0.5) is 0 Å². The second kappa shape index (κ2) is 4.83. The SMILES string of the molecule is O=C(Cn1cc(C(=O)O)cn1)NC12CC3CC(CC(C3)C1)C2. The van der Waals surface area contributed by atoms with Crippen LogP contribution in [0.2, 0.25) is 0 Å². The van der Waals surface area contributed by atoms with Gasteiger partial charge in [-0.15, -0.1) is 0 Å². The first kappa shape index (κ1) is 13.8. The molecule has 0 spiro atoms. The minimum absolute atomic E-state index is 0.00534. The fraction of sp³-hybridized carbons (Fsp3) is 0.688. The van der Waals surface area contributed by atoms with Crippen LogP contribution in [0.25, 0.3) is 0 Å². The second-order valence-electron chi connectivity index (χ2n) is 7.48. The summed E-state index contributed by atoms with van der Waals surface area (Å²) in [5.74, 6) is 1.29. The zero-order valence-electron chi connectivity index (χ0n) is 12.5. The van der Waals surface area contributed by atoms with Crippen molar-refractivity contribution < 1.29 is 14.7 Å². The van der Waals surface area contributed by atoms with Crippen LogP contribution in [0.5, 0.6) is 0 Å². The van der Waals surface area contributed by atoms with E-state index >= 15 is 0 Å². The molecule has 4 bridgehead atoms. The van der Waals surface area contributed by atoms with Crippen LogP contribution in [-0.2, 0) is 11.3 Å². The number of nitrogens with one attached hydrogen (secondary N) is 1. The Morgan fingerprint density at radius 1 is 1.23 bits per heavy atom. The third-order valence-corrected chi connectivity index (χ3v) is 5.63. The molecule has 4 aliphatic carbocycles. The van der Waals surface area contributed by atoms with Gasteiger partial charge in [-0.25, -0.2) is 4.79 Å². The van der Waals surface area contributed by atoms with Gasteiger partial charge in [0.05, 0.1) is 11.8 Å². The maximum absolute atomic E-state index is 12.4. The normalized spacial score (nSPS) is 35.5. The van der Waals surface area contributed by atoms with Gasteiger partial charge in [0.15, 0.2) is 0 Å². The Morgan fingerprint density at radius 2 is 1.82 bits per heavy atom. The Kier molecular flexibility index (Phi) is 3.03. The number of hydrogen-bond donors (Lipinski definition) is 2. The maximum Gasteiger partial charge on any atom is 0.338 e. The molecule has 5 rings (SSSR count). The Bertz CT molecular complexity index is 587. The highest BCUT2D eigenvalue weighted by Gasteiger charge is 2.51. The van der Waals surface area contributed by atoms with Gasteiger partial charge >= 0.3 is 5.97 Å². The summed E-state index contributed by atoms with van der Waals surface area (Å²) >= 11 is 0. The van der Waals surface area contributed by atoms with Crippen LogP contribution in [0.15, 0.2) is 12.4 Å². The van der Waals surface area contributed by atoms with E-state index in [4.69, 9.17) is 5.11 Å². The topological polar surface area (TPSA) is 84.2 Å². The molecule has 6 heteroatoms. The summed E-state index contributed by atoms with van der Waals surface area (Å²) in [6.45, 7) is 0.0923. The van der Waals surface area contributed by atoms with Gasteiger partial charge in [0.25, 0.3) is 0 Å². The number of carboxylic acids is 1. The quantitative estimate of drug-likeness (QED) is 0.886. The number of hydrogen-bond acceptors (Lipinski definition) is 3. The number of aromatic nitrogens is 2. The minimum Gasteiger partial charge on any atom is -0.478 e. The van der Waals surface area contributed by atoms with Crippen LogP contribution in [0.1, 0.15) is 48.9 Å². The lowest BCUT2D eigenvalue weighted by Gasteiger charge is -2.56. The monoisotopic (exact) mass is 303 g/mol. The van der Waals surface area contributed by atoms with E-state index in [1.165, 1.54) is 36.3 Å². The highest BCUT2D eigenvalue weighted by molar-refractivity contribution is 5.87. The smallest absolute Gasteiger partial charge is 0.338 e. The van der Waals surface area contributed by atoms with Crippen molar-refractivity contribution in [3.63, 3.8) is 0 Å². The van der Waals surface area contributed by atoms with Crippen molar-refractivity contribution in [2.24, 2.45) is 17.8 Å². The molecular weight excluding hydrogens is 282 g/mol. The third kappa shape index (κ3) is 2.40. The molecule has 1 heterocycles. The third-order valence-electron chi connectivity index (χ3n) is 5.63. The summed E-state index contributed by atoms with van der Waals surface area (Å²) in [5.41, 5.74) is 0.108. The van der Waals surface area contributed by atoms with Crippen molar-refractivity contribution >= 4 is 11.9 Å². The Morgan fingerprint density at radius 3 is 2.32 bits per heavy atom. The Balaban J connectivity index is 1.42. The zero-order chi connectivity index (χ0) is 15.3. The maximum atomic E-state index is 12.4. The van der Waals surface area contributed by atoms with Gasteiger partial charge in [-0.3, -0.25) is 9.48 Å². The number of amides is 1. The highest BCUT2D eigenvalue weighted by atomic mass is 16.4. The number of carbonyl (C=O) groups excluding carboxylic acids is 1. The second-order valence-corrected chi connectivity index (χ2v) is 7.48. The van der Waals surface area contributed by atoms with Crippen LogP contribution >= 0.6 is 0 Å². The molecule has 4 fully saturated rings. The number of rotatable bonds is 4. The summed E-state index contributed by atoms with van der Waals surface area (Å²) < 4.78 is 1.40. The molecule has 1 aromatic rings. The summed E-state index contributed by atoms with van der Waals surface area (Å²) in [5, 5.41) is 16.1. The molecule has 1 amide bonds. The molecule has 6 nitrogen and oxygen atoms in total. The van der Waals surface area contributed by atoms with E-state index < -0.39 is 5.97 Å². The van der Waals surface area contributed by atoms with Crippen molar-refractivity contribution in [1.82, 2.24) is 15.1 Å². The van der Waals surface area contributed by atoms with Gasteiger partial charge in [-0.05, 0) is 56.3 Å². The molecule has 2 N–H and O–H groups in total. The van der Waals surface area contributed by atoms with Gasteiger partial charge < -0.3 is 10.4 Å². The lowest BCUT2D eigenvalue weighted by atomic mass is 9.53. The largest absolute Gasteiger partial charge is 0.478 e. The van der Waals surface area contributed by atoms with Crippen molar-refractivity contribution in [2.45, 2.75) is 50.6 Å². The van der Waals surface area contributed by atoms with E-state index in [-0.39, 0.29) is 23.6 Å². The van der Waals surface area contributed by atoms with Crippen LogP contribution in [0.3, 0.4) is 0 Å². The van der Waals surface area contributed by atoms with Crippen LogP contribution in [0, 0.1) is 17.8 Å². The molecule has 22 heavy (non-hydrogen) atoms. The van der Waals surface area contributed by atoms with Gasteiger partial charge in [0.2, 0.25) is 5.91 Å². The van der Waals surface area contributed by atoms with Crippen LogP contribution in [-0.4, -0.2) is 32.3 Å². The molecule has 0 aliphatic heterocycles. The predicted molar refractivity (Wildman–Crippen MR) is 78.2 cm³/mol. The molecular formula is C16H21N3O3. The molecule has 0 radical (unpaired) electrons. The number of carboxylic acid groups (broad SMARTS) is 1. The van der Waals surface area contributed by atoms with Crippen molar-refractivity contribution in [3.05, 3.63) is 18.0 Å². The van der Waals surface area contributed by atoms with E-state index in [9.17, 15) is 9.59 Å². The summed E-state index contributed by atoms with van der Waals surface area (Å²) in [6, 6.07) is 0. The van der Waals surface area contributed by atoms with Gasteiger partial charge in [-0.1, -0.05) is 0 Å². The van der Waals surface area contributed by atoms with Gasteiger partial charge in [0.1, 0.15) is 6.54 Å². The summed E-state index contributed by atoms with van der Waals surface area (Å²) in [7, 11) is 0. The lowest BCUT2D eigenvalue weighted by molar-refractivity contribution is -0.127. The molecule has 0 unspecified atom stereocenters.